The standard InChI is InChI=1S/C29H25F3N2O/c1-2-3-4-15-35-24-18-33-28(34-19-24)14-8-21-6-10-22(27(31)17-21)9-5-20-7-12-25-23(16-20)11-13-26(30)29(25)32/h6-7,10-13,16-19H,2-4,8,14-15H2,1H3. The molecule has 0 N–H and O–H groups in total. The van der Waals surface area contributed by atoms with Crippen LogP contribution in [0.4, 0.5) is 13.2 Å². The first kappa shape index (κ1) is 24.3. The molecule has 0 aliphatic heterocycles. The maximum Gasteiger partial charge on any atom is 0.166 e. The zero-order valence-electron chi connectivity index (χ0n) is 19.5. The highest BCUT2D eigenvalue weighted by Gasteiger charge is 2.07. The van der Waals surface area contributed by atoms with Crippen molar-refractivity contribution in [2.24, 2.45) is 0 Å². The fourth-order valence-electron chi connectivity index (χ4n) is 3.64. The number of hydrogen-bond acceptors (Lipinski definition) is 3. The molecule has 6 heteroatoms. The summed E-state index contributed by atoms with van der Waals surface area (Å²) < 4.78 is 47.5. The largest absolute Gasteiger partial charge is 0.490 e. The number of aromatic nitrogens is 2. The van der Waals surface area contributed by atoms with Gasteiger partial charge in [0.25, 0.3) is 0 Å². The number of rotatable bonds is 8. The minimum atomic E-state index is -0.895. The van der Waals surface area contributed by atoms with Crippen molar-refractivity contribution in [3.8, 4) is 17.6 Å². The van der Waals surface area contributed by atoms with Crippen molar-refractivity contribution in [3.63, 3.8) is 0 Å². The Balaban J connectivity index is 1.37. The molecule has 0 saturated heterocycles. The molecule has 0 atom stereocenters. The third-order valence-corrected chi connectivity index (χ3v) is 5.62. The van der Waals surface area contributed by atoms with Gasteiger partial charge in [-0.1, -0.05) is 49.8 Å². The molecule has 0 radical (unpaired) electrons. The lowest BCUT2D eigenvalue weighted by atomic mass is 10.0. The first-order valence-corrected chi connectivity index (χ1v) is 11.7. The third kappa shape index (κ3) is 6.39. The van der Waals surface area contributed by atoms with Gasteiger partial charge in [0.2, 0.25) is 0 Å². The molecule has 0 aliphatic carbocycles. The van der Waals surface area contributed by atoms with Crippen LogP contribution in [-0.4, -0.2) is 16.6 Å². The van der Waals surface area contributed by atoms with E-state index in [0.29, 0.717) is 42.0 Å². The van der Waals surface area contributed by atoms with E-state index in [-0.39, 0.29) is 10.9 Å². The fourth-order valence-corrected chi connectivity index (χ4v) is 3.64. The lowest BCUT2D eigenvalue weighted by molar-refractivity contribution is 0.303. The maximum atomic E-state index is 14.6. The number of benzene rings is 3. The van der Waals surface area contributed by atoms with E-state index >= 15 is 0 Å². The van der Waals surface area contributed by atoms with Gasteiger partial charge >= 0.3 is 0 Å². The molecule has 0 aliphatic rings. The van der Waals surface area contributed by atoms with Crippen LogP contribution in [0.25, 0.3) is 10.8 Å². The van der Waals surface area contributed by atoms with Crippen LogP contribution in [0.5, 0.6) is 5.75 Å². The second-order valence-electron chi connectivity index (χ2n) is 8.25. The van der Waals surface area contributed by atoms with Crippen molar-refractivity contribution in [3.05, 3.63) is 101 Å². The van der Waals surface area contributed by atoms with Crippen LogP contribution in [0.15, 0.2) is 60.9 Å². The van der Waals surface area contributed by atoms with Crippen LogP contribution in [0.3, 0.4) is 0 Å². The number of halogens is 3. The first-order valence-electron chi connectivity index (χ1n) is 11.7. The smallest absolute Gasteiger partial charge is 0.166 e. The summed E-state index contributed by atoms with van der Waals surface area (Å²) in [4.78, 5) is 8.66. The van der Waals surface area contributed by atoms with E-state index in [4.69, 9.17) is 4.74 Å². The minimum absolute atomic E-state index is 0.184. The highest BCUT2D eigenvalue weighted by molar-refractivity contribution is 5.84. The third-order valence-electron chi connectivity index (χ3n) is 5.62. The molecule has 3 aromatic carbocycles. The van der Waals surface area contributed by atoms with Gasteiger partial charge in [0.1, 0.15) is 11.6 Å². The Morgan fingerprint density at radius 2 is 1.66 bits per heavy atom. The normalized spacial score (nSPS) is 10.7. The van der Waals surface area contributed by atoms with E-state index in [1.165, 1.54) is 18.2 Å². The Kier molecular flexibility index (Phi) is 7.99. The number of aryl methyl sites for hydroxylation is 2. The molecule has 178 valence electrons. The van der Waals surface area contributed by atoms with E-state index in [0.717, 1.165) is 30.9 Å². The first-order chi connectivity index (χ1) is 17.0. The predicted molar refractivity (Wildman–Crippen MR) is 131 cm³/mol. The molecule has 0 amide bonds. The monoisotopic (exact) mass is 474 g/mol. The van der Waals surface area contributed by atoms with Crippen LogP contribution < -0.4 is 4.74 Å². The summed E-state index contributed by atoms with van der Waals surface area (Å²) in [6.07, 6.45) is 7.79. The Bertz CT molecular complexity index is 1370. The van der Waals surface area contributed by atoms with E-state index in [2.05, 4.69) is 28.7 Å². The van der Waals surface area contributed by atoms with E-state index in [1.807, 2.05) is 6.07 Å². The summed E-state index contributed by atoms with van der Waals surface area (Å²) in [7, 11) is 0. The Labute approximate surface area is 203 Å². The molecule has 0 spiro atoms. The topological polar surface area (TPSA) is 35.0 Å². The van der Waals surface area contributed by atoms with Crippen molar-refractivity contribution < 1.29 is 17.9 Å². The van der Waals surface area contributed by atoms with Crippen molar-refractivity contribution >= 4 is 10.8 Å². The summed E-state index contributed by atoms with van der Waals surface area (Å²) >= 11 is 0. The van der Waals surface area contributed by atoms with Gasteiger partial charge in [0.15, 0.2) is 17.4 Å². The van der Waals surface area contributed by atoms with Gasteiger partial charge in [-0.15, -0.1) is 0 Å². The average molecular weight is 475 g/mol. The maximum absolute atomic E-state index is 14.6. The fraction of sp³-hybridized carbons (Fsp3) is 0.241. The van der Waals surface area contributed by atoms with Gasteiger partial charge in [-0.05, 0) is 54.1 Å². The second kappa shape index (κ2) is 11.5. The molecule has 0 saturated carbocycles. The van der Waals surface area contributed by atoms with Crippen molar-refractivity contribution in [2.75, 3.05) is 6.61 Å². The van der Waals surface area contributed by atoms with Gasteiger partial charge in [-0.3, -0.25) is 0 Å². The van der Waals surface area contributed by atoms with Crippen molar-refractivity contribution in [1.29, 1.82) is 0 Å². The Morgan fingerprint density at radius 1 is 0.829 bits per heavy atom. The van der Waals surface area contributed by atoms with Gasteiger partial charge in [-0.25, -0.2) is 23.1 Å². The minimum Gasteiger partial charge on any atom is -0.490 e. The van der Waals surface area contributed by atoms with Crippen LogP contribution in [0.1, 0.15) is 48.7 Å². The number of nitrogens with zero attached hydrogens (tertiary/aromatic N) is 2. The summed E-state index contributed by atoms with van der Waals surface area (Å²) in [5, 5.41) is 0.717. The number of unbranched alkanes of at least 4 members (excludes halogenated alkanes) is 2. The molecule has 1 aromatic heterocycles. The lowest BCUT2D eigenvalue weighted by Crippen LogP contribution is -2.02. The zero-order valence-corrected chi connectivity index (χ0v) is 19.5. The Morgan fingerprint density at radius 3 is 2.43 bits per heavy atom. The molecule has 0 unspecified atom stereocenters. The molecular formula is C29H25F3N2O. The SMILES string of the molecule is CCCCCOc1cnc(CCc2ccc(C#Cc3ccc4c(F)c(F)ccc4c3)c(F)c2)nc1. The highest BCUT2D eigenvalue weighted by Crippen LogP contribution is 2.21. The van der Waals surface area contributed by atoms with Gasteiger partial charge in [-0.2, -0.15) is 0 Å². The predicted octanol–water partition coefficient (Wildman–Crippen LogP) is 6.80. The molecule has 0 fully saturated rings. The van der Waals surface area contributed by atoms with Crippen LogP contribution >= 0.6 is 0 Å². The molecular weight excluding hydrogens is 449 g/mol. The highest BCUT2D eigenvalue weighted by atomic mass is 19.2. The Hall–Kier alpha value is -3.85. The number of hydrogen-bond donors (Lipinski definition) is 0. The number of fused-ring (bicyclic) bond motifs is 1. The summed E-state index contributed by atoms with van der Waals surface area (Å²) in [6.45, 7) is 2.80. The molecule has 3 nitrogen and oxygen atoms in total. The molecule has 4 aromatic rings. The van der Waals surface area contributed by atoms with Crippen LogP contribution in [0, 0.1) is 29.3 Å². The van der Waals surface area contributed by atoms with E-state index in [9.17, 15) is 13.2 Å². The van der Waals surface area contributed by atoms with E-state index < -0.39 is 17.5 Å². The van der Waals surface area contributed by atoms with Crippen LogP contribution in [-0.2, 0) is 12.8 Å². The summed E-state index contributed by atoms with van der Waals surface area (Å²) in [6, 6.07) is 12.2. The lowest BCUT2D eigenvalue weighted by Gasteiger charge is -2.06. The van der Waals surface area contributed by atoms with Gasteiger partial charge < -0.3 is 4.74 Å². The number of ether oxygens (including phenoxy) is 1. The summed E-state index contributed by atoms with van der Waals surface area (Å²) in [5.41, 5.74) is 1.67. The van der Waals surface area contributed by atoms with Gasteiger partial charge in [0.05, 0.1) is 24.6 Å². The molecule has 35 heavy (non-hydrogen) atoms. The quantitative estimate of drug-likeness (QED) is 0.208. The van der Waals surface area contributed by atoms with Crippen molar-refractivity contribution in [2.45, 2.75) is 39.0 Å². The average Bonchev–Trinajstić information content (AvgIpc) is 2.88. The zero-order chi connectivity index (χ0) is 24.6. The molecule has 4 rings (SSSR count). The van der Waals surface area contributed by atoms with E-state index in [1.54, 1.807) is 30.6 Å². The van der Waals surface area contributed by atoms with Crippen LogP contribution in [0.2, 0.25) is 0 Å². The van der Waals surface area contributed by atoms with Gasteiger partial charge in [0, 0.05) is 17.4 Å². The second-order valence-corrected chi connectivity index (χ2v) is 8.25. The molecule has 0 bridgehead atoms. The summed E-state index contributed by atoms with van der Waals surface area (Å²) in [5.74, 6) is 4.84. The van der Waals surface area contributed by atoms with Crippen molar-refractivity contribution in [1.82, 2.24) is 9.97 Å². The molecule has 1 heterocycles.